The fourth-order valence-electron chi connectivity index (χ4n) is 1.50. The second kappa shape index (κ2) is 3.73. The van der Waals surface area contributed by atoms with Crippen LogP contribution in [0.5, 0.6) is 0 Å². The van der Waals surface area contributed by atoms with Crippen molar-refractivity contribution >= 4 is 17.3 Å². The number of para-hydroxylation sites is 1. The SMILES string of the molecule is C=C(C=O)C(C)c1cc2ccccc2o1. The largest absolute Gasteiger partial charge is 0.460 e. The summed E-state index contributed by atoms with van der Waals surface area (Å²) >= 11 is 0. The molecule has 0 amide bonds. The van der Waals surface area contributed by atoms with Crippen molar-refractivity contribution in [2.75, 3.05) is 0 Å². The van der Waals surface area contributed by atoms with Gasteiger partial charge >= 0.3 is 0 Å². The summed E-state index contributed by atoms with van der Waals surface area (Å²) in [6.07, 6.45) is 0.776. The van der Waals surface area contributed by atoms with Crippen LogP contribution >= 0.6 is 0 Å². The molecule has 2 heteroatoms. The molecule has 2 aromatic rings. The summed E-state index contributed by atoms with van der Waals surface area (Å²) < 4.78 is 5.63. The average molecular weight is 200 g/mol. The molecule has 0 spiro atoms. The van der Waals surface area contributed by atoms with Crippen LogP contribution < -0.4 is 0 Å². The van der Waals surface area contributed by atoms with Gasteiger partial charge in [0.25, 0.3) is 0 Å². The van der Waals surface area contributed by atoms with E-state index in [9.17, 15) is 4.79 Å². The first-order valence-electron chi connectivity index (χ1n) is 4.85. The molecule has 1 atom stereocenters. The zero-order valence-corrected chi connectivity index (χ0v) is 8.57. The number of aldehydes is 1. The lowest BCUT2D eigenvalue weighted by molar-refractivity contribution is -0.105. The monoisotopic (exact) mass is 200 g/mol. The molecule has 2 nitrogen and oxygen atoms in total. The fourth-order valence-corrected chi connectivity index (χ4v) is 1.50. The minimum atomic E-state index is -0.0603. The van der Waals surface area contributed by atoms with Gasteiger partial charge in [0.15, 0.2) is 0 Å². The molecular weight excluding hydrogens is 188 g/mol. The van der Waals surface area contributed by atoms with E-state index >= 15 is 0 Å². The van der Waals surface area contributed by atoms with E-state index in [-0.39, 0.29) is 5.92 Å². The standard InChI is InChI=1S/C13H12O2/c1-9(8-14)10(2)13-7-11-5-3-4-6-12(11)15-13/h3-8,10H,1H2,2H3. The number of fused-ring (bicyclic) bond motifs is 1. The summed E-state index contributed by atoms with van der Waals surface area (Å²) in [5, 5.41) is 1.05. The molecule has 1 unspecified atom stereocenters. The predicted octanol–water partition coefficient (Wildman–Crippen LogP) is 3.29. The molecule has 0 saturated heterocycles. The Hall–Kier alpha value is -1.83. The third kappa shape index (κ3) is 1.71. The van der Waals surface area contributed by atoms with E-state index in [1.165, 1.54) is 0 Å². The first-order valence-corrected chi connectivity index (χ1v) is 4.85. The van der Waals surface area contributed by atoms with Crippen LogP contribution in [0, 0.1) is 0 Å². The van der Waals surface area contributed by atoms with Crippen LogP contribution in [0.25, 0.3) is 11.0 Å². The lowest BCUT2D eigenvalue weighted by Gasteiger charge is -2.04. The summed E-state index contributed by atoms with van der Waals surface area (Å²) in [5.41, 5.74) is 1.38. The average Bonchev–Trinajstić information content (AvgIpc) is 2.70. The van der Waals surface area contributed by atoms with Crippen molar-refractivity contribution < 1.29 is 9.21 Å². The van der Waals surface area contributed by atoms with Crippen LogP contribution in [0.3, 0.4) is 0 Å². The van der Waals surface area contributed by atoms with Crippen LogP contribution in [-0.4, -0.2) is 6.29 Å². The van der Waals surface area contributed by atoms with Crippen LogP contribution in [-0.2, 0) is 4.79 Å². The smallest absolute Gasteiger partial charge is 0.146 e. The molecule has 76 valence electrons. The summed E-state index contributed by atoms with van der Waals surface area (Å²) in [4.78, 5) is 10.6. The van der Waals surface area contributed by atoms with Crippen LogP contribution in [0.15, 0.2) is 46.9 Å². The molecule has 15 heavy (non-hydrogen) atoms. The Kier molecular flexibility index (Phi) is 2.42. The molecule has 0 saturated carbocycles. The molecule has 0 aliphatic heterocycles. The van der Waals surface area contributed by atoms with E-state index < -0.39 is 0 Å². The number of carbonyl (C=O) groups excluding carboxylic acids is 1. The lowest BCUT2D eigenvalue weighted by atomic mass is 10.0. The number of furan rings is 1. The summed E-state index contributed by atoms with van der Waals surface area (Å²) in [6.45, 7) is 5.60. The van der Waals surface area contributed by atoms with Gasteiger partial charge < -0.3 is 4.42 Å². The summed E-state index contributed by atoms with van der Waals surface area (Å²) in [6, 6.07) is 9.73. The van der Waals surface area contributed by atoms with Gasteiger partial charge in [-0.25, -0.2) is 0 Å². The van der Waals surface area contributed by atoms with Crippen molar-refractivity contribution in [1.29, 1.82) is 0 Å². The van der Waals surface area contributed by atoms with Gasteiger partial charge in [0.1, 0.15) is 17.6 Å². The van der Waals surface area contributed by atoms with E-state index in [1.807, 2.05) is 37.3 Å². The molecule has 1 aromatic carbocycles. The number of hydrogen-bond donors (Lipinski definition) is 0. The number of carbonyl (C=O) groups is 1. The van der Waals surface area contributed by atoms with E-state index in [2.05, 4.69) is 6.58 Å². The Morgan fingerprint density at radius 1 is 1.47 bits per heavy atom. The van der Waals surface area contributed by atoms with Crippen molar-refractivity contribution in [1.82, 2.24) is 0 Å². The van der Waals surface area contributed by atoms with Gasteiger partial charge in [-0.3, -0.25) is 4.79 Å². The van der Waals surface area contributed by atoms with Gasteiger partial charge in [0, 0.05) is 11.3 Å². The molecule has 0 fully saturated rings. The Labute approximate surface area is 88.2 Å². The summed E-state index contributed by atoms with van der Waals surface area (Å²) in [5.74, 6) is 0.725. The minimum absolute atomic E-state index is 0.0603. The van der Waals surface area contributed by atoms with Gasteiger partial charge in [-0.2, -0.15) is 0 Å². The van der Waals surface area contributed by atoms with Crippen molar-refractivity contribution in [2.45, 2.75) is 12.8 Å². The Balaban J connectivity index is 2.44. The predicted molar refractivity (Wildman–Crippen MR) is 59.8 cm³/mol. The molecule has 1 heterocycles. The zero-order chi connectivity index (χ0) is 10.8. The topological polar surface area (TPSA) is 30.2 Å². The summed E-state index contributed by atoms with van der Waals surface area (Å²) in [7, 11) is 0. The van der Waals surface area contributed by atoms with E-state index in [1.54, 1.807) is 0 Å². The minimum Gasteiger partial charge on any atom is -0.460 e. The fraction of sp³-hybridized carbons (Fsp3) is 0.154. The Morgan fingerprint density at radius 3 is 2.87 bits per heavy atom. The van der Waals surface area contributed by atoms with Crippen LogP contribution in [0.4, 0.5) is 0 Å². The maximum Gasteiger partial charge on any atom is 0.146 e. The third-order valence-electron chi connectivity index (χ3n) is 2.58. The maximum atomic E-state index is 10.6. The van der Waals surface area contributed by atoms with Crippen molar-refractivity contribution in [3.63, 3.8) is 0 Å². The molecule has 2 rings (SSSR count). The molecule has 0 aliphatic rings. The van der Waals surface area contributed by atoms with Gasteiger partial charge in [-0.15, -0.1) is 0 Å². The molecule has 0 bridgehead atoms. The highest BCUT2D eigenvalue weighted by atomic mass is 16.3. The quantitative estimate of drug-likeness (QED) is 0.562. The number of benzene rings is 1. The van der Waals surface area contributed by atoms with E-state index in [0.717, 1.165) is 23.0 Å². The first-order chi connectivity index (χ1) is 7.22. The van der Waals surface area contributed by atoms with Gasteiger partial charge in [-0.1, -0.05) is 31.7 Å². The normalized spacial score (nSPS) is 12.6. The van der Waals surface area contributed by atoms with Crippen molar-refractivity contribution in [3.05, 3.63) is 48.2 Å². The maximum absolute atomic E-state index is 10.6. The highest BCUT2D eigenvalue weighted by Crippen LogP contribution is 2.27. The molecule has 0 aliphatic carbocycles. The molecular formula is C13H12O2. The molecule has 1 aromatic heterocycles. The second-order valence-electron chi connectivity index (χ2n) is 3.60. The third-order valence-corrected chi connectivity index (χ3v) is 2.58. The first kappa shape index (κ1) is 9.71. The van der Waals surface area contributed by atoms with Crippen molar-refractivity contribution in [3.8, 4) is 0 Å². The van der Waals surface area contributed by atoms with Gasteiger partial charge in [-0.05, 0) is 17.7 Å². The van der Waals surface area contributed by atoms with Gasteiger partial charge in [0.05, 0.1) is 0 Å². The lowest BCUT2D eigenvalue weighted by Crippen LogP contribution is -1.95. The Morgan fingerprint density at radius 2 is 2.20 bits per heavy atom. The molecule has 0 radical (unpaired) electrons. The Bertz CT molecular complexity index is 475. The molecule has 0 N–H and O–H groups in total. The number of hydrogen-bond acceptors (Lipinski definition) is 2. The number of allylic oxidation sites excluding steroid dienone is 1. The van der Waals surface area contributed by atoms with Crippen molar-refractivity contribution in [2.24, 2.45) is 0 Å². The second-order valence-corrected chi connectivity index (χ2v) is 3.60. The highest BCUT2D eigenvalue weighted by Gasteiger charge is 2.13. The van der Waals surface area contributed by atoms with E-state index in [4.69, 9.17) is 4.42 Å². The van der Waals surface area contributed by atoms with Crippen LogP contribution in [0.2, 0.25) is 0 Å². The van der Waals surface area contributed by atoms with Gasteiger partial charge in [0.2, 0.25) is 0 Å². The van der Waals surface area contributed by atoms with E-state index in [0.29, 0.717) is 5.57 Å². The zero-order valence-electron chi connectivity index (χ0n) is 8.57. The van der Waals surface area contributed by atoms with Crippen LogP contribution in [0.1, 0.15) is 18.6 Å². The number of rotatable bonds is 3. The highest BCUT2D eigenvalue weighted by molar-refractivity contribution is 5.79.